The highest BCUT2D eigenvalue weighted by molar-refractivity contribution is 7.41. The van der Waals surface area contributed by atoms with Crippen molar-refractivity contribution in [2.75, 3.05) is 13.1 Å². The monoisotopic (exact) mass is 265 g/mol. The maximum absolute atomic E-state index is 5.83. The van der Waals surface area contributed by atoms with Crippen molar-refractivity contribution in [3.05, 3.63) is 0 Å². The van der Waals surface area contributed by atoms with E-state index in [4.69, 9.17) is 13.7 Å². The van der Waals surface area contributed by atoms with Gasteiger partial charge >= 0.3 is 8.60 Å². The highest BCUT2D eigenvalue weighted by Crippen LogP contribution is 2.47. The van der Waals surface area contributed by atoms with Crippen LogP contribution in [0.1, 0.15) is 55.4 Å². The third-order valence-electron chi connectivity index (χ3n) is 1.58. The second-order valence-corrected chi connectivity index (χ2v) is 6.80. The fourth-order valence-electron chi connectivity index (χ4n) is 0.933. The van der Waals surface area contributed by atoms with Crippen LogP contribution < -0.4 is 0 Å². The first-order valence-corrected chi connectivity index (χ1v) is 7.28. The lowest BCUT2D eigenvalue weighted by Gasteiger charge is -2.32. The highest BCUT2D eigenvalue weighted by Gasteiger charge is 2.28. The van der Waals surface area contributed by atoms with Crippen molar-refractivity contribution in [2.24, 2.45) is 0 Å². The van der Waals surface area contributed by atoms with Gasteiger partial charge in [0.25, 0.3) is 0 Å². The summed E-state index contributed by atoms with van der Waals surface area (Å²) in [6.07, 6.45) is 0. The lowest BCUT2D eigenvalue weighted by molar-refractivity contribution is -0.0904. The summed E-state index contributed by atoms with van der Waals surface area (Å²) in [5.74, 6) is 0. The van der Waals surface area contributed by atoms with Crippen molar-refractivity contribution in [3.8, 4) is 0 Å². The molecule has 0 rings (SSSR count). The van der Waals surface area contributed by atoms with Gasteiger partial charge in [-0.2, -0.15) is 5.06 Å². The Kier molecular flexibility index (Phi) is 7.12. The molecule has 0 N–H and O–H groups in total. The molecule has 0 unspecified atom stereocenters. The first-order valence-electron chi connectivity index (χ1n) is 6.19. The second-order valence-electron chi connectivity index (χ2n) is 5.83. The number of hydrogen-bond acceptors (Lipinski definition) is 4. The van der Waals surface area contributed by atoms with E-state index >= 15 is 0 Å². The quantitative estimate of drug-likeness (QED) is 0.534. The molecule has 0 saturated heterocycles. The summed E-state index contributed by atoms with van der Waals surface area (Å²) in [5, 5.41) is 1.85. The van der Waals surface area contributed by atoms with Gasteiger partial charge in [-0.05, 0) is 41.5 Å². The SMILES string of the molecule is CCN(CC)OP(OC(C)(C)C)OC(C)(C)C. The topological polar surface area (TPSA) is 30.9 Å². The van der Waals surface area contributed by atoms with Crippen LogP contribution in [-0.4, -0.2) is 29.4 Å². The fourth-order valence-corrected chi connectivity index (χ4v) is 2.35. The normalized spacial score (nSPS) is 13.8. The average molecular weight is 265 g/mol. The minimum absolute atomic E-state index is 0.274. The number of hydrogen-bond donors (Lipinski definition) is 0. The molecule has 4 nitrogen and oxygen atoms in total. The minimum Gasteiger partial charge on any atom is -0.305 e. The number of rotatable bonds is 6. The van der Waals surface area contributed by atoms with Crippen LogP contribution in [0.5, 0.6) is 0 Å². The third-order valence-corrected chi connectivity index (χ3v) is 3.34. The molecule has 0 amide bonds. The van der Waals surface area contributed by atoms with Gasteiger partial charge in [-0.1, -0.05) is 13.8 Å². The maximum atomic E-state index is 5.83. The molecule has 0 heterocycles. The van der Waals surface area contributed by atoms with Crippen molar-refractivity contribution in [1.29, 1.82) is 0 Å². The summed E-state index contributed by atoms with van der Waals surface area (Å²) in [5.41, 5.74) is -0.547. The Morgan fingerprint density at radius 2 is 1.18 bits per heavy atom. The third kappa shape index (κ3) is 9.93. The Hall–Kier alpha value is 0.270. The molecule has 0 aliphatic heterocycles. The first-order chi connectivity index (χ1) is 7.57. The van der Waals surface area contributed by atoms with Gasteiger partial charge in [-0.3, -0.25) is 0 Å². The molecule has 0 radical (unpaired) electrons. The Balaban J connectivity index is 4.50. The van der Waals surface area contributed by atoms with Crippen LogP contribution in [0.3, 0.4) is 0 Å². The van der Waals surface area contributed by atoms with Gasteiger partial charge in [-0.25, -0.2) is 4.62 Å². The summed E-state index contributed by atoms with van der Waals surface area (Å²) >= 11 is 0. The first kappa shape index (κ1) is 17.3. The van der Waals surface area contributed by atoms with Crippen LogP contribution in [0.2, 0.25) is 0 Å². The van der Waals surface area contributed by atoms with Gasteiger partial charge in [0.1, 0.15) is 0 Å². The summed E-state index contributed by atoms with van der Waals surface area (Å²) in [4.78, 5) is 0. The lowest BCUT2D eigenvalue weighted by Crippen LogP contribution is -2.27. The Morgan fingerprint density at radius 3 is 1.41 bits per heavy atom. The van der Waals surface area contributed by atoms with Crippen molar-refractivity contribution >= 4 is 8.60 Å². The summed E-state index contributed by atoms with van der Waals surface area (Å²) in [6, 6.07) is 0. The minimum atomic E-state index is -1.36. The molecule has 0 fully saturated rings. The van der Waals surface area contributed by atoms with Crippen LogP contribution in [0, 0.1) is 0 Å². The van der Waals surface area contributed by atoms with E-state index in [0.717, 1.165) is 13.1 Å². The van der Waals surface area contributed by atoms with E-state index in [-0.39, 0.29) is 11.2 Å². The van der Waals surface area contributed by atoms with Gasteiger partial charge in [0.2, 0.25) is 0 Å². The van der Waals surface area contributed by atoms with Gasteiger partial charge in [0.15, 0.2) is 0 Å². The molecule has 0 saturated carbocycles. The predicted molar refractivity (Wildman–Crippen MR) is 72.6 cm³/mol. The second kappa shape index (κ2) is 7.01. The zero-order valence-electron chi connectivity index (χ0n) is 12.5. The van der Waals surface area contributed by atoms with Crippen molar-refractivity contribution < 1.29 is 13.7 Å². The van der Waals surface area contributed by atoms with E-state index in [0.29, 0.717) is 0 Å². The Morgan fingerprint density at radius 1 is 0.824 bits per heavy atom. The van der Waals surface area contributed by atoms with Gasteiger partial charge in [0, 0.05) is 13.1 Å². The summed E-state index contributed by atoms with van der Waals surface area (Å²) < 4.78 is 17.4. The molecule has 5 heteroatoms. The zero-order valence-corrected chi connectivity index (χ0v) is 13.4. The summed E-state index contributed by atoms with van der Waals surface area (Å²) in [7, 11) is -1.36. The largest absolute Gasteiger partial charge is 0.352 e. The van der Waals surface area contributed by atoms with E-state index in [1.807, 2.05) is 60.5 Å². The van der Waals surface area contributed by atoms with Crippen LogP contribution in [0.25, 0.3) is 0 Å². The predicted octanol–water partition coefficient (Wildman–Crippen LogP) is 4.12. The molecule has 0 aliphatic carbocycles. The van der Waals surface area contributed by atoms with E-state index < -0.39 is 8.60 Å². The van der Waals surface area contributed by atoms with Crippen LogP contribution in [-0.2, 0) is 13.7 Å². The molecule has 0 atom stereocenters. The molecule has 0 aromatic rings. The van der Waals surface area contributed by atoms with Crippen molar-refractivity contribution in [1.82, 2.24) is 5.06 Å². The van der Waals surface area contributed by atoms with E-state index in [1.54, 1.807) is 0 Å². The van der Waals surface area contributed by atoms with E-state index in [9.17, 15) is 0 Å². The van der Waals surface area contributed by atoms with Crippen molar-refractivity contribution in [3.63, 3.8) is 0 Å². The van der Waals surface area contributed by atoms with Crippen LogP contribution in [0.15, 0.2) is 0 Å². The Bertz CT molecular complexity index is 191. The summed E-state index contributed by atoms with van der Waals surface area (Å²) in [6.45, 7) is 17.7. The van der Waals surface area contributed by atoms with E-state index in [2.05, 4.69) is 0 Å². The molecule has 0 aromatic heterocycles. The standard InChI is InChI=1S/C12H28NO3P/c1-9-13(10-2)16-17(14-11(3,4)5)15-12(6,7)8/h9-10H2,1-8H3. The van der Waals surface area contributed by atoms with Crippen LogP contribution in [0.4, 0.5) is 0 Å². The smallest absolute Gasteiger partial charge is 0.305 e. The molecule has 17 heavy (non-hydrogen) atoms. The molecule has 0 aromatic carbocycles. The maximum Gasteiger partial charge on any atom is 0.352 e. The van der Waals surface area contributed by atoms with Crippen molar-refractivity contribution in [2.45, 2.75) is 66.6 Å². The zero-order chi connectivity index (χ0) is 13.7. The lowest BCUT2D eigenvalue weighted by atomic mass is 10.2. The average Bonchev–Trinajstić information content (AvgIpc) is 2.08. The molecular formula is C12H28NO3P. The van der Waals surface area contributed by atoms with Gasteiger partial charge < -0.3 is 9.05 Å². The molecular weight excluding hydrogens is 237 g/mol. The van der Waals surface area contributed by atoms with E-state index in [1.165, 1.54) is 0 Å². The molecule has 104 valence electrons. The molecule has 0 bridgehead atoms. The number of hydroxylamine groups is 2. The number of nitrogens with zero attached hydrogens (tertiary/aromatic N) is 1. The van der Waals surface area contributed by atoms with Gasteiger partial charge in [-0.15, -0.1) is 0 Å². The molecule has 0 aliphatic rings. The molecule has 0 spiro atoms. The van der Waals surface area contributed by atoms with Gasteiger partial charge in [0.05, 0.1) is 11.2 Å². The fraction of sp³-hybridized carbons (Fsp3) is 1.00. The highest BCUT2D eigenvalue weighted by atomic mass is 31.2. The van der Waals surface area contributed by atoms with Crippen LogP contribution >= 0.6 is 8.60 Å². The Labute approximate surface area is 108 Å².